The van der Waals surface area contributed by atoms with Gasteiger partial charge in [-0.25, -0.2) is 0 Å². The van der Waals surface area contributed by atoms with E-state index in [1.165, 1.54) is 6.42 Å². The summed E-state index contributed by atoms with van der Waals surface area (Å²) in [6.07, 6.45) is 7.48. The SMILES string of the molecule is CCOc1cc(/C=C2/C(=O)N(C3CCCCC3)C(=S)N2C)cc(Br)c1OCC. The largest absolute Gasteiger partial charge is 0.490 e. The summed E-state index contributed by atoms with van der Waals surface area (Å²) in [6.45, 7) is 4.95. The third-order valence-corrected chi connectivity index (χ3v) is 6.22. The number of rotatable bonds is 6. The van der Waals surface area contributed by atoms with Crippen LogP contribution >= 0.6 is 28.1 Å². The number of halogens is 1. The Labute approximate surface area is 180 Å². The normalized spacial score (nSPS) is 19.6. The maximum atomic E-state index is 13.2. The van der Waals surface area contributed by atoms with Crippen LogP contribution in [0.25, 0.3) is 6.08 Å². The summed E-state index contributed by atoms with van der Waals surface area (Å²) in [7, 11) is 1.86. The minimum absolute atomic E-state index is 0.0117. The van der Waals surface area contributed by atoms with Gasteiger partial charge in [-0.15, -0.1) is 0 Å². The van der Waals surface area contributed by atoms with Crippen LogP contribution in [-0.2, 0) is 4.79 Å². The molecule has 5 nitrogen and oxygen atoms in total. The molecule has 1 aromatic carbocycles. The smallest absolute Gasteiger partial charge is 0.277 e. The monoisotopic (exact) mass is 466 g/mol. The molecule has 0 atom stereocenters. The summed E-state index contributed by atoms with van der Waals surface area (Å²) < 4.78 is 12.2. The number of carbonyl (C=O) groups excluding carboxylic acids is 1. The molecule has 1 aromatic rings. The molecule has 1 amide bonds. The van der Waals surface area contributed by atoms with Crippen molar-refractivity contribution in [2.45, 2.75) is 52.0 Å². The Morgan fingerprint density at radius 2 is 1.86 bits per heavy atom. The van der Waals surface area contributed by atoms with Crippen molar-refractivity contribution < 1.29 is 14.3 Å². The fourth-order valence-corrected chi connectivity index (χ4v) is 4.72. The lowest BCUT2D eigenvalue weighted by Gasteiger charge is -2.30. The van der Waals surface area contributed by atoms with Gasteiger partial charge in [-0.3, -0.25) is 9.69 Å². The van der Waals surface area contributed by atoms with Crippen molar-refractivity contribution in [3.05, 3.63) is 27.9 Å². The summed E-state index contributed by atoms with van der Waals surface area (Å²) in [5.41, 5.74) is 1.45. The molecule has 1 heterocycles. The van der Waals surface area contributed by atoms with Crippen molar-refractivity contribution in [3.8, 4) is 11.5 Å². The number of ether oxygens (including phenoxy) is 2. The third-order valence-electron chi connectivity index (χ3n) is 5.16. The van der Waals surface area contributed by atoms with Gasteiger partial charge in [-0.1, -0.05) is 19.3 Å². The molecule has 7 heteroatoms. The van der Waals surface area contributed by atoms with Crippen molar-refractivity contribution in [2.24, 2.45) is 0 Å². The molecule has 1 saturated heterocycles. The summed E-state index contributed by atoms with van der Waals surface area (Å²) in [6, 6.07) is 4.06. The highest BCUT2D eigenvalue weighted by atomic mass is 79.9. The number of hydrogen-bond acceptors (Lipinski definition) is 4. The molecule has 0 spiro atoms. The standard InChI is InChI=1S/C21H27BrN2O3S/c1-4-26-18-13-14(11-16(22)19(18)27-5-2)12-17-20(25)24(21(28)23(17)3)15-9-7-6-8-10-15/h11-13,15H,4-10H2,1-3H3/b17-12-. The summed E-state index contributed by atoms with van der Waals surface area (Å²) in [5.74, 6) is 1.32. The second kappa shape index (κ2) is 9.27. The molecule has 0 N–H and O–H groups in total. The molecule has 0 radical (unpaired) electrons. The van der Waals surface area contributed by atoms with Crippen LogP contribution in [0.15, 0.2) is 22.3 Å². The lowest BCUT2D eigenvalue weighted by Crippen LogP contribution is -2.41. The summed E-state index contributed by atoms with van der Waals surface area (Å²) in [5, 5.41) is 0.596. The molecule has 28 heavy (non-hydrogen) atoms. The Hall–Kier alpha value is -1.60. The zero-order valence-electron chi connectivity index (χ0n) is 16.7. The van der Waals surface area contributed by atoms with E-state index in [9.17, 15) is 4.79 Å². The van der Waals surface area contributed by atoms with Gasteiger partial charge in [0.1, 0.15) is 5.70 Å². The molecule has 0 bridgehead atoms. The van der Waals surface area contributed by atoms with Gasteiger partial charge in [0.05, 0.1) is 17.7 Å². The molecular formula is C21H27BrN2O3S. The Morgan fingerprint density at radius 1 is 1.18 bits per heavy atom. The van der Waals surface area contributed by atoms with Gasteiger partial charge in [0.15, 0.2) is 16.6 Å². The lowest BCUT2D eigenvalue weighted by atomic mass is 9.94. The van der Waals surface area contributed by atoms with Crippen LogP contribution in [0.2, 0.25) is 0 Å². The number of hydrogen-bond donors (Lipinski definition) is 0. The quantitative estimate of drug-likeness (QED) is 0.436. The average Bonchev–Trinajstić information content (AvgIpc) is 2.89. The lowest BCUT2D eigenvalue weighted by molar-refractivity contribution is -0.124. The van der Waals surface area contributed by atoms with Gasteiger partial charge in [0.25, 0.3) is 5.91 Å². The van der Waals surface area contributed by atoms with Gasteiger partial charge in [-0.2, -0.15) is 0 Å². The number of likely N-dealkylation sites (N-methyl/N-ethyl adjacent to an activating group) is 1. The minimum atomic E-state index is -0.0117. The molecule has 1 aliphatic heterocycles. The Kier molecular flexibility index (Phi) is 6.99. The van der Waals surface area contributed by atoms with Gasteiger partial charge < -0.3 is 14.4 Å². The van der Waals surface area contributed by atoms with Gasteiger partial charge in [0, 0.05) is 13.1 Å². The van der Waals surface area contributed by atoms with Crippen molar-refractivity contribution in [1.29, 1.82) is 0 Å². The van der Waals surface area contributed by atoms with E-state index in [0.29, 0.717) is 35.5 Å². The van der Waals surface area contributed by atoms with Crippen molar-refractivity contribution in [2.75, 3.05) is 20.3 Å². The molecule has 152 valence electrons. The second-order valence-corrected chi connectivity index (χ2v) is 8.25. The van der Waals surface area contributed by atoms with Gasteiger partial charge in [0.2, 0.25) is 0 Å². The van der Waals surface area contributed by atoms with Crippen LogP contribution in [0, 0.1) is 0 Å². The zero-order chi connectivity index (χ0) is 20.3. The number of nitrogens with zero attached hydrogens (tertiary/aromatic N) is 2. The van der Waals surface area contributed by atoms with E-state index < -0.39 is 0 Å². The van der Waals surface area contributed by atoms with Gasteiger partial charge >= 0.3 is 0 Å². The molecule has 3 rings (SSSR count). The van der Waals surface area contributed by atoms with Crippen molar-refractivity contribution in [3.63, 3.8) is 0 Å². The van der Waals surface area contributed by atoms with Crippen molar-refractivity contribution in [1.82, 2.24) is 9.80 Å². The number of carbonyl (C=O) groups is 1. The predicted octanol–water partition coefficient (Wildman–Crippen LogP) is 4.98. The molecular weight excluding hydrogens is 440 g/mol. The third kappa shape index (κ3) is 4.20. The fourth-order valence-electron chi connectivity index (χ4n) is 3.81. The first kappa shape index (κ1) is 21.1. The van der Waals surface area contributed by atoms with E-state index in [2.05, 4.69) is 15.9 Å². The van der Waals surface area contributed by atoms with E-state index in [4.69, 9.17) is 21.7 Å². The van der Waals surface area contributed by atoms with E-state index in [0.717, 1.165) is 35.7 Å². The molecule has 0 aromatic heterocycles. The number of benzene rings is 1. The van der Waals surface area contributed by atoms with Crippen LogP contribution in [0.3, 0.4) is 0 Å². The average molecular weight is 467 g/mol. The first-order valence-electron chi connectivity index (χ1n) is 9.90. The van der Waals surface area contributed by atoms with Crippen LogP contribution in [0.1, 0.15) is 51.5 Å². The summed E-state index contributed by atoms with van der Waals surface area (Å²) >= 11 is 9.16. The highest BCUT2D eigenvalue weighted by Gasteiger charge is 2.40. The topological polar surface area (TPSA) is 42.0 Å². The minimum Gasteiger partial charge on any atom is -0.490 e. The summed E-state index contributed by atoms with van der Waals surface area (Å²) in [4.78, 5) is 16.8. The second-order valence-electron chi connectivity index (χ2n) is 7.03. The first-order chi connectivity index (χ1) is 13.5. The molecule has 1 aliphatic carbocycles. The molecule has 0 unspecified atom stereocenters. The van der Waals surface area contributed by atoms with E-state index in [1.807, 2.05) is 48.9 Å². The van der Waals surface area contributed by atoms with Gasteiger partial charge in [-0.05, 0) is 78.6 Å². The maximum absolute atomic E-state index is 13.2. The number of amides is 1. The fraction of sp³-hybridized carbons (Fsp3) is 0.524. The van der Waals surface area contributed by atoms with Crippen LogP contribution in [-0.4, -0.2) is 47.1 Å². The van der Waals surface area contributed by atoms with Crippen LogP contribution in [0.5, 0.6) is 11.5 Å². The van der Waals surface area contributed by atoms with E-state index in [1.54, 1.807) is 0 Å². The Balaban J connectivity index is 1.93. The highest BCUT2D eigenvalue weighted by molar-refractivity contribution is 9.10. The van der Waals surface area contributed by atoms with Crippen molar-refractivity contribution >= 4 is 45.2 Å². The molecule has 2 aliphatic rings. The first-order valence-corrected chi connectivity index (χ1v) is 11.1. The Morgan fingerprint density at radius 3 is 2.50 bits per heavy atom. The number of thiocarbonyl (C=S) groups is 1. The predicted molar refractivity (Wildman–Crippen MR) is 119 cm³/mol. The van der Waals surface area contributed by atoms with E-state index in [-0.39, 0.29) is 11.9 Å². The Bertz CT molecular complexity index is 790. The van der Waals surface area contributed by atoms with Crippen LogP contribution < -0.4 is 9.47 Å². The van der Waals surface area contributed by atoms with E-state index >= 15 is 0 Å². The van der Waals surface area contributed by atoms with Crippen LogP contribution in [0.4, 0.5) is 0 Å². The highest BCUT2D eigenvalue weighted by Crippen LogP contribution is 2.38. The maximum Gasteiger partial charge on any atom is 0.277 e. The zero-order valence-corrected chi connectivity index (χ0v) is 19.1. The molecule has 2 fully saturated rings. The molecule has 1 saturated carbocycles.